The average Bonchev–Trinajstić information content (AvgIpc) is 2.86. The van der Waals surface area contributed by atoms with Crippen LogP contribution in [0.25, 0.3) is 0 Å². The molecule has 114 valence electrons. The van der Waals surface area contributed by atoms with E-state index in [1.165, 1.54) is 25.7 Å². The monoisotopic (exact) mass is 279 g/mol. The molecule has 0 spiro atoms. The normalized spacial score (nSPS) is 23.1. The first kappa shape index (κ1) is 15.4. The van der Waals surface area contributed by atoms with Crippen LogP contribution in [0.1, 0.15) is 52.3 Å². The van der Waals surface area contributed by atoms with Gasteiger partial charge >= 0.3 is 0 Å². The highest BCUT2D eigenvalue weighted by molar-refractivity contribution is 4.99. The fourth-order valence-electron chi connectivity index (χ4n) is 3.33. The summed E-state index contributed by atoms with van der Waals surface area (Å²) in [5.74, 6) is 1.06. The van der Waals surface area contributed by atoms with E-state index in [4.69, 9.17) is 0 Å². The van der Waals surface area contributed by atoms with Crippen molar-refractivity contribution in [2.24, 2.45) is 7.05 Å². The van der Waals surface area contributed by atoms with Crippen LogP contribution in [0.15, 0.2) is 6.33 Å². The van der Waals surface area contributed by atoms with Gasteiger partial charge in [-0.2, -0.15) is 5.10 Å². The predicted octanol–water partition coefficient (Wildman–Crippen LogP) is 1.95. The van der Waals surface area contributed by atoms with Crippen LogP contribution in [0.2, 0.25) is 0 Å². The first-order chi connectivity index (χ1) is 9.65. The van der Waals surface area contributed by atoms with Crippen LogP contribution < -0.4 is 5.32 Å². The van der Waals surface area contributed by atoms with Crippen molar-refractivity contribution >= 4 is 0 Å². The van der Waals surface area contributed by atoms with Crippen LogP contribution in [-0.2, 0) is 13.6 Å². The molecule has 1 aliphatic rings. The highest BCUT2D eigenvalue weighted by Gasteiger charge is 2.38. The van der Waals surface area contributed by atoms with Crippen LogP contribution in [0, 0.1) is 0 Å². The zero-order valence-corrected chi connectivity index (χ0v) is 13.4. The molecular formula is C15H29N5. The second-order valence-corrected chi connectivity index (χ2v) is 5.98. The van der Waals surface area contributed by atoms with Crippen molar-refractivity contribution < 1.29 is 0 Å². The van der Waals surface area contributed by atoms with Crippen LogP contribution in [0.3, 0.4) is 0 Å². The van der Waals surface area contributed by atoms with Crippen molar-refractivity contribution in [3.63, 3.8) is 0 Å². The molecule has 1 aromatic heterocycles. The molecule has 1 saturated heterocycles. The Kier molecular flexibility index (Phi) is 5.16. The number of rotatable bonds is 6. The maximum absolute atomic E-state index is 4.40. The van der Waals surface area contributed by atoms with Crippen molar-refractivity contribution in [1.82, 2.24) is 25.0 Å². The average molecular weight is 279 g/mol. The zero-order valence-electron chi connectivity index (χ0n) is 13.4. The minimum atomic E-state index is 0.260. The lowest BCUT2D eigenvalue weighted by atomic mass is 9.86. The summed E-state index contributed by atoms with van der Waals surface area (Å²) in [6.07, 6.45) is 6.49. The van der Waals surface area contributed by atoms with Crippen LogP contribution in [0.5, 0.6) is 0 Å². The fraction of sp³-hybridized carbons (Fsp3) is 0.867. The Bertz CT molecular complexity index is 410. The number of hydrogen-bond donors (Lipinski definition) is 1. The summed E-state index contributed by atoms with van der Waals surface area (Å²) in [5.41, 5.74) is 0.260. The standard InChI is InChI=1S/C15H29N5/c1-5-8-13-9-20(10-14-17-12-18-19(14)4)15(6-2,7-3)11-16-13/h12-13,16H,5-11H2,1-4H3. The van der Waals surface area contributed by atoms with Crippen molar-refractivity contribution in [2.75, 3.05) is 13.1 Å². The number of hydrogen-bond acceptors (Lipinski definition) is 4. The lowest BCUT2D eigenvalue weighted by Crippen LogP contribution is -2.63. The fourth-order valence-corrected chi connectivity index (χ4v) is 3.33. The molecule has 0 aromatic carbocycles. The minimum absolute atomic E-state index is 0.260. The van der Waals surface area contributed by atoms with Gasteiger partial charge < -0.3 is 5.32 Å². The Morgan fingerprint density at radius 3 is 2.65 bits per heavy atom. The summed E-state index contributed by atoms with van der Waals surface area (Å²) in [6.45, 7) is 9.96. The van der Waals surface area contributed by atoms with Crippen molar-refractivity contribution in [1.29, 1.82) is 0 Å². The van der Waals surface area contributed by atoms with Gasteiger partial charge in [-0.1, -0.05) is 27.2 Å². The zero-order chi connectivity index (χ0) is 14.6. The number of aryl methyl sites for hydroxylation is 1. The van der Waals surface area contributed by atoms with Crippen molar-refractivity contribution in [3.05, 3.63) is 12.2 Å². The maximum atomic E-state index is 4.40. The summed E-state index contributed by atoms with van der Waals surface area (Å²) >= 11 is 0. The molecule has 2 rings (SSSR count). The van der Waals surface area contributed by atoms with Gasteiger partial charge in [-0.3, -0.25) is 9.58 Å². The minimum Gasteiger partial charge on any atom is -0.311 e. The third-order valence-corrected chi connectivity index (χ3v) is 4.92. The number of aromatic nitrogens is 3. The molecule has 1 aromatic rings. The molecule has 5 nitrogen and oxygen atoms in total. The Morgan fingerprint density at radius 2 is 2.10 bits per heavy atom. The molecule has 1 N–H and O–H groups in total. The quantitative estimate of drug-likeness (QED) is 0.864. The maximum Gasteiger partial charge on any atom is 0.140 e. The first-order valence-corrected chi connectivity index (χ1v) is 7.96. The molecule has 5 heteroatoms. The summed E-state index contributed by atoms with van der Waals surface area (Å²) in [6, 6.07) is 0.611. The lowest BCUT2D eigenvalue weighted by molar-refractivity contribution is 0.0199. The summed E-state index contributed by atoms with van der Waals surface area (Å²) in [7, 11) is 1.98. The van der Waals surface area contributed by atoms with Gasteiger partial charge in [0.15, 0.2) is 0 Å². The Hall–Kier alpha value is -0.940. The largest absolute Gasteiger partial charge is 0.311 e. The van der Waals surface area contributed by atoms with Crippen molar-refractivity contribution in [2.45, 2.75) is 64.6 Å². The van der Waals surface area contributed by atoms with E-state index < -0.39 is 0 Å². The van der Waals surface area contributed by atoms with Crippen LogP contribution in [0.4, 0.5) is 0 Å². The first-order valence-electron chi connectivity index (χ1n) is 7.96. The Morgan fingerprint density at radius 1 is 1.35 bits per heavy atom. The smallest absolute Gasteiger partial charge is 0.140 e. The molecule has 0 aliphatic carbocycles. The molecular weight excluding hydrogens is 250 g/mol. The molecule has 1 aliphatic heterocycles. The topological polar surface area (TPSA) is 46.0 Å². The second kappa shape index (κ2) is 6.68. The van der Waals surface area contributed by atoms with E-state index in [2.05, 4.69) is 41.1 Å². The van der Waals surface area contributed by atoms with Gasteiger partial charge in [0.25, 0.3) is 0 Å². The van der Waals surface area contributed by atoms with E-state index in [0.29, 0.717) is 6.04 Å². The third-order valence-electron chi connectivity index (χ3n) is 4.92. The van der Waals surface area contributed by atoms with E-state index in [-0.39, 0.29) is 5.54 Å². The summed E-state index contributed by atoms with van der Waals surface area (Å²) in [5, 5.41) is 7.95. The molecule has 2 heterocycles. The molecule has 0 saturated carbocycles. The number of nitrogens with one attached hydrogen (secondary N) is 1. The molecule has 0 bridgehead atoms. The second-order valence-electron chi connectivity index (χ2n) is 5.98. The third kappa shape index (κ3) is 3.04. The van der Waals surface area contributed by atoms with Crippen LogP contribution >= 0.6 is 0 Å². The van der Waals surface area contributed by atoms with Crippen LogP contribution in [-0.4, -0.2) is 44.3 Å². The van der Waals surface area contributed by atoms with Gasteiger partial charge in [0, 0.05) is 31.7 Å². The van der Waals surface area contributed by atoms with Gasteiger partial charge in [0.05, 0.1) is 6.54 Å². The summed E-state index contributed by atoms with van der Waals surface area (Å²) in [4.78, 5) is 7.04. The predicted molar refractivity (Wildman–Crippen MR) is 81.4 cm³/mol. The summed E-state index contributed by atoms with van der Waals surface area (Å²) < 4.78 is 1.90. The van der Waals surface area contributed by atoms with E-state index in [1.54, 1.807) is 6.33 Å². The van der Waals surface area contributed by atoms with E-state index in [9.17, 15) is 0 Å². The molecule has 0 radical (unpaired) electrons. The molecule has 1 atom stereocenters. The SMILES string of the molecule is CCCC1CN(Cc2ncnn2C)C(CC)(CC)CN1. The van der Waals surface area contributed by atoms with Crippen molar-refractivity contribution in [3.8, 4) is 0 Å². The number of piperazine rings is 1. The van der Waals surface area contributed by atoms with E-state index in [0.717, 1.165) is 25.5 Å². The van der Waals surface area contributed by atoms with Gasteiger partial charge in [-0.05, 0) is 19.3 Å². The van der Waals surface area contributed by atoms with Gasteiger partial charge in [0.1, 0.15) is 12.2 Å². The highest BCUT2D eigenvalue weighted by atomic mass is 15.4. The Labute approximate surface area is 122 Å². The van der Waals surface area contributed by atoms with E-state index in [1.807, 2.05) is 11.7 Å². The Balaban J connectivity index is 2.15. The molecule has 0 amide bonds. The van der Waals surface area contributed by atoms with Gasteiger partial charge in [-0.15, -0.1) is 0 Å². The number of nitrogens with zero attached hydrogens (tertiary/aromatic N) is 4. The molecule has 1 fully saturated rings. The van der Waals surface area contributed by atoms with Gasteiger partial charge in [-0.25, -0.2) is 4.98 Å². The highest BCUT2D eigenvalue weighted by Crippen LogP contribution is 2.29. The van der Waals surface area contributed by atoms with Gasteiger partial charge in [0.2, 0.25) is 0 Å². The lowest BCUT2D eigenvalue weighted by Gasteiger charge is -2.49. The molecule has 1 unspecified atom stereocenters. The van der Waals surface area contributed by atoms with E-state index >= 15 is 0 Å². The molecule has 20 heavy (non-hydrogen) atoms.